The molecule has 0 aliphatic carbocycles. The molecule has 0 aromatic heterocycles. The van der Waals surface area contributed by atoms with Gasteiger partial charge in [-0.1, -0.05) is 6.07 Å². The highest BCUT2D eigenvalue weighted by molar-refractivity contribution is 5.85. The van der Waals surface area contributed by atoms with Gasteiger partial charge in [0.2, 0.25) is 0 Å². The topological polar surface area (TPSA) is 84.9 Å². The van der Waals surface area contributed by atoms with Gasteiger partial charge in [0.15, 0.2) is 11.5 Å². The summed E-state index contributed by atoms with van der Waals surface area (Å²) < 4.78 is 10.8. The van der Waals surface area contributed by atoms with Gasteiger partial charge in [0.1, 0.15) is 0 Å². The molecule has 2 N–H and O–H groups in total. The first-order chi connectivity index (χ1) is 11.4. The minimum absolute atomic E-state index is 0. The van der Waals surface area contributed by atoms with E-state index in [1.807, 2.05) is 0 Å². The summed E-state index contributed by atoms with van der Waals surface area (Å²) in [6.45, 7) is 10.7. The van der Waals surface area contributed by atoms with Crippen LogP contribution in [0.25, 0.3) is 0 Å². The van der Waals surface area contributed by atoms with E-state index in [9.17, 15) is 14.7 Å². The summed E-state index contributed by atoms with van der Waals surface area (Å²) in [6.07, 6.45) is -0.774. The van der Waals surface area contributed by atoms with Gasteiger partial charge in [-0.25, -0.2) is 0 Å². The lowest BCUT2D eigenvalue weighted by Gasteiger charge is -2.21. The van der Waals surface area contributed by atoms with Crippen LogP contribution in [0.3, 0.4) is 0 Å². The van der Waals surface area contributed by atoms with Crippen LogP contribution in [-0.2, 0) is 9.59 Å². The summed E-state index contributed by atoms with van der Waals surface area (Å²) in [7, 11) is 1.73. The number of carbonyl (C=O) groups excluding carboxylic acids is 2. The number of halogens is 1. The van der Waals surface area contributed by atoms with Crippen LogP contribution in [0.5, 0.6) is 11.5 Å². The van der Waals surface area contributed by atoms with Crippen molar-refractivity contribution in [2.45, 2.75) is 47.6 Å². The Morgan fingerprint density at radius 2 is 1.46 bits per heavy atom. The highest BCUT2D eigenvalue weighted by Gasteiger charge is 2.28. The minimum Gasteiger partial charge on any atom is -0.422 e. The van der Waals surface area contributed by atoms with E-state index in [0.29, 0.717) is 12.1 Å². The normalized spacial score (nSPS) is 12.8. The molecule has 0 aliphatic rings. The summed E-state index contributed by atoms with van der Waals surface area (Å²) >= 11 is 0. The third-order valence-electron chi connectivity index (χ3n) is 3.38. The van der Waals surface area contributed by atoms with E-state index in [2.05, 4.69) is 5.32 Å². The Morgan fingerprint density at radius 1 is 1.00 bits per heavy atom. The first-order valence-corrected chi connectivity index (χ1v) is 8.27. The SMILES string of the molecule is CNC[C@H](O)c1ccc(OC(=O)C(C)(C)C)c(OC(=O)C(C)(C)C)c1.Cl. The molecule has 0 bridgehead atoms. The molecule has 0 radical (unpaired) electrons. The molecule has 1 atom stereocenters. The number of nitrogens with one attached hydrogen (secondary N) is 1. The Morgan fingerprint density at radius 3 is 1.88 bits per heavy atom. The van der Waals surface area contributed by atoms with Gasteiger partial charge in [0.05, 0.1) is 16.9 Å². The first-order valence-electron chi connectivity index (χ1n) is 8.27. The van der Waals surface area contributed by atoms with E-state index in [0.717, 1.165) is 0 Å². The molecular formula is C19H30ClNO5. The molecule has 0 saturated heterocycles. The number of aliphatic hydroxyl groups is 1. The van der Waals surface area contributed by atoms with Crippen LogP contribution in [0, 0.1) is 10.8 Å². The molecule has 0 fully saturated rings. The van der Waals surface area contributed by atoms with Gasteiger partial charge < -0.3 is 19.9 Å². The maximum Gasteiger partial charge on any atom is 0.316 e. The zero-order chi connectivity index (χ0) is 19.4. The van der Waals surface area contributed by atoms with Crippen LogP contribution in [0.1, 0.15) is 53.2 Å². The van der Waals surface area contributed by atoms with E-state index < -0.39 is 28.9 Å². The second-order valence-corrected chi connectivity index (χ2v) is 8.06. The fourth-order valence-corrected chi connectivity index (χ4v) is 1.71. The lowest BCUT2D eigenvalue weighted by atomic mass is 9.97. The average Bonchev–Trinajstić information content (AvgIpc) is 2.47. The van der Waals surface area contributed by atoms with Crippen molar-refractivity contribution in [3.63, 3.8) is 0 Å². The van der Waals surface area contributed by atoms with Crippen molar-refractivity contribution in [1.29, 1.82) is 0 Å². The molecule has 1 aromatic rings. The Balaban J connectivity index is 0.00000625. The molecule has 1 rings (SSSR count). The summed E-state index contributed by atoms with van der Waals surface area (Å²) in [5.41, 5.74) is -0.859. The van der Waals surface area contributed by atoms with Gasteiger partial charge in [0, 0.05) is 6.54 Å². The van der Waals surface area contributed by atoms with E-state index in [1.54, 1.807) is 54.7 Å². The average molecular weight is 388 g/mol. The van der Waals surface area contributed by atoms with Gasteiger partial charge in [-0.2, -0.15) is 0 Å². The Kier molecular flexibility index (Phi) is 8.76. The molecule has 148 valence electrons. The summed E-state index contributed by atoms with van der Waals surface area (Å²) in [4.78, 5) is 24.4. The molecule has 0 unspecified atom stereocenters. The van der Waals surface area contributed by atoms with Gasteiger partial charge in [0.25, 0.3) is 0 Å². The van der Waals surface area contributed by atoms with Crippen molar-refractivity contribution >= 4 is 24.3 Å². The molecular weight excluding hydrogens is 358 g/mol. The lowest BCUT2D eigenvalue weighted by molar-refractivity contribution is -0.145. The largest absolute Gasteiger partial charge is 0.422 e. The van der Waals surface area contributed by atoms with Crippen LogP contribution in [0.2, 0.25) is 0 Å². The van der Waals surface area contributed by atoms with Gasteiger partial charge in [-0.05, 0) is 66.3 Å². The van der Waals surface area contributed by atoms with Gasteiger partial charge in [-0.3, -0.25) is 9.59 Å². The number of hydrogen-bond donors (Lipinski definition) is 2. The minimum atomic E-state index is -0.774. The van der Waals surface area contributed by atoms with Crippen LogP contribution in [-0.4, -0.2) is 30.6 Å². The number of esters is 2. The number of aliphatic hydroxyl groups excluding tert-OH is 1. The van der Waals surface area contributed by atoms with Gasteiger partial charge in [-0.15, -0.1) is 12.4 Å². The van der Waals surface area contributed by atoms with Crippen molar-refractivity contribution in [3.05, 3.63) is 23.8 Å². The number of rotatable bonds is 5. The Bertz CT molecular complexity index is 632. The molecule has 1 aromatic carbocycles. The maximum absolute atomic E-state index is 12.2. The smallest absolute Gasteiger partial charge is 0.316 e. The highest BCUT2D eigenvalue weighted by Crippen LogP contribution is 2.34. The van der Waals surface area contributed by atoms with Crippen molar-refractivity contribution < 1.29 is 24.2 Å². The summed E-state index contributed by atoms with van der Waals surface area (Å²) in [6, 6.07) is 4.70. The number of likely N-dealkylation sites (N-methyl/N-ethyl adjacent to an activating group) is 1. The van der Waals surface area contributed by atoms with E-state index in [-0.39, 0.29) is 23.9 Å². The van der Waals surface area contributed by atoms with Crippen LogP contribution in [0.4, 0.5) is 0 Å². The predicted molar refractivity (Wildman–Crippen MR) is 103 cm³/mol. The third-order valence-corrected chi connectivity index (χ3v) is 3.38. The van der Waals surface area contributed by atoms with Crippen molar-refractivity contribution in [2.75, 3.05) is 13.6 Å². The standard InChI is InChI=1S/C19H29NO5.ClH/c1-18(2,3)16(22)24-14-9-8-12(13(21)11-20-7)10-15(14)25-17(23)19(4,5)6;/h8-10,13,20-21H,11H2,1-7H3;1H/t13-;/m0./s1. The molecule has 7 heteroatoms. The molecule has 0 saturated carbocycles. The van der Waals surface area contributed by atoms with Gasteiger partial charge >= 0.3 is 11.9 Å². The Labute approximate surface area is 161 Å². The second-order valence-electron chi connectivity index (χ2n) is 8.06. The molecule has 0 heterocycles. The zero-order valence-electron chi connectivity index (χ0n) is 16.5. The van der Waals surface area contributed by atoms with E-state index >= 15 is 0 Å². The van der Waals surface area contributed by atoms with Crippen molar-refractivity contribution in [2.24, 2.45) is 10.8 Å². The molecule has 6 nitrogen and oxygen atoms in total. The molecule has 0 aliphatic heterocycles. The van der Waals surface area contributed by atoms with E-state index in [1.165, 1.54) is 12.1 Å². The summed E-state index contributed by atoms with van der Waals surface area (Å²) in [5.74, 6) is -0.631. The Hall–Kier alpha value is -1.63. The monoisotopic (exact) mass is 387 g/mol. The summed E-state index contributed by atoms with van der Waals surface area (Å²) in [5, 5.41) is 13.0. The molecule has 0 amide bonds. The predicted octanol–water partition coefficient (Wildman–Crippen LogP) is 3.26. The number of hydrogen-bond acceptors (Lipinski definition) is 6. The fraction of sp³-hybridized carbons (Fsp3) is 0.579. The molecule has 0 spiro atoms. The number of benzene rings is 1. The highest BCUT2D eigenvalue weighted by atomic mass is 35.5. The quantitative estimate of drug-likeness (QED) is 0.595. The van der Waals surface area contributed by atoms with Crippen molar-refractivity contribution in [1.82, 2.24) is 5.32 Å². The number of ether oxygens (including phenoxy) is 2. The van der Waals surface area contributed by atoms with Crippen molar-refractivity contribution in [3.8, 4) is 11.5 Å². The molecule has 26 heavy (non-hydrogen) atoms. The number of carbonyl (C=O) groups is 2. The third kappa shape index (κ3) is 6.94. The fourth-order valence-electron chi connectivity index (χ4n) is 1.71. The first kappa shape index (κ1) is 24.4. The van der Waals surface area contributed by atoms with E-state index in [4.69, 9.17) is 9.47 Å². The van der Waals surface area contributed by atoms with Crippen LogP contribution < -0.4 is 14.8 Å². The zero-order valence-corrected chi connectivity index (χ0v) is 17.3. The lowest BCUT2D eigenvalue weighted by Crippen LogP contribution is -2.28. The maximum atomic E-state index is 12.2. The van der Waals surface area contributed by atoms with Crippen LogP contribution >= 0.6 is 12.4 Å². The van der Waals surface area contributed by atoms with Crippen LogP contribution in [0.15, 0.2) is 18.2 Å². The second kappa shape index (κ2) is 9.35.